The number of carbonyl (C=O) groups is 1. The molecule has 2 rings (SSSR count). The van der Waals surface area contributed by atoms with Gasteiger partial charge >= 0.3 is 6.03 Å². The molecule has 0 saturated carbocycles. The molecule has 1 aromatic heterocycles. The fourth-order valence-corrected chi connectivity index (χ4v) is 1.60. The van der Waals surface area contributed by atoms with E-state index in [1.165, 1.54) is 28.9 Å². The lowest BCUT2D eigenvalue weighted by molar-refractivity contribution is 0.262. The summed E-state index contributed by atoms with van der Waals surface area (Å²) in [5.41, 5.74) is 6.77. The first kappa shape index (κ1) is 13.0. The number of nitrogens with one attached hydrogen (secondary N) is 2. The van der Waals surface area contributed by atoms with Crippen LogP contribution in [0.2, 0.25) is 0 Å². The van der Waals surface area contributed by atoms with Crippen molar-refractivity contribution in [2.24, 2.45) is 12.8 Å². The first-order valence-electron chi connectivity index (χ1n) is 5.64. The van der Waals surface area contributed by atoms with Crippen molar-refractivity contribution < 1.29 is 9.18 Å². The van der Waals surface area contributed by atoms with Gasteiger partial charge in [0.1, 0.15) is 11.6 Å². The molecule has 7 heteroatoms. The van der Waals surface area contributed by atoms with Crippen molar-refractivity contribution in [3.8, 4) is 0 Å². The fraction of sp³-hybridized carbons (Fsp3) is 0.167. The van der Waals surface area contributed by atoms with Gasteiger partial charge in [0.2, 0.25) is 0 Å². The third kappa shape index (κ3) is 3.08. The Labute approximate surface area is 109 Å². The van der Waals surface area contributed by atoms with Crippen molar-refractivity contribution in [3.05, 3.63) is 41.8 Å². The third-order valence-electron chi connectivity index (χ3n) is 2.57. The minimum Gasteiger partial charge on any atom is -0.326 e. The van der Waals surface area contributed by atoms with Crippen LogP contribution in [0.1, 0.15) is 5.56 Å². The zero-order valence-electron chi connectivity index (χ0n) is 10.4. The monoisotopic (exact) mass is 263 g/mol. The van der Waals surface area contributed by atoms with Crippen LogP contribution in [0.3, 0.4) is 0 Å². The standard InChI is InChI=1S/C12H14FN5O/c1-18-11(8(6-14)7-15-18)17-12(19)16-10-4-2-9(13)3-5-10/h2-5,7H,6,14H2,1H3,(H2,16,17,19). The van der Waals surface area contributed by atoms with Crippen LogP contribution in [-0.2, 0) is 13.6 Å². The molecule has 2 aromatic rings. The van der Waals surface area contributed by atoms with Gasteiger partial charge in [-0.15, -0.1) is 0 Å². The summed E-state index contributed by atoms with van der Waals surface area (Å²) in [6, 6.07) is 5.05. The zero-order chi connectivity index (χ0) is 13.8. The minimum absolute atomic E-state index is 0.278. The summed E-state index contributed by atoms with van der Waals surface area (Å²) in [4.78, 5) is 11.8. The van der Waals surface area contributed by atoms with E-state index in [9.17, 15) is 9.18 Å². The Morgan fingerprint density at radius 3 is 2.68 bits per heavy atom. The SMILES string of the molecule is Cn1ncc(CN)c1NC(=O)Nc1ccc(F)cc1. The number of aromatic nitrogens is 2. The lowest BCUT2D eigenvalue weighted by atomic mass is 10.3. The maximum atomic E-state index is 12.7. The molecule has 1 aromatic carbocycles. The Morgan fingerprint density at radius 2 is 2.05 bits per heavy atom. The van der Waals surface area contributed by atoms with Crippen molar-refractivity contribution in [2.75, 3.05) is 10.6 Å². The Balaban J connectivity index is 2.05. The molecule has 0 aliphatic rings. The summed E-state index contributed by atoms with van der Waals surface area (Å²) >= 11 is 0. The van der Waals surface area contributed by atoms with Crippen LogP contribution in [0, 0.1) is 5.82 Å². The molecule has 0 spiro atoms. The van der Waals surface area contributed by atoms with E-state index in [0.29, 0.717) is 11.5 Å². The molecule has 19 heavy (non-hydrogen) atoms. The van der Waals surface area contributed by atoms with Gasteiger partial charge in [-0.3, -0.25) is 10.00 Å². The molecule has 100 valence electrons. The quantitative estimate of drug-likeness (QED) is 0.787. The number of halogens is 1. The number of carbonyl (C=O) groups excluding carboxylic acids is 1. The van der Waals surface area contributed by atoms with Gasteiger partial charge in [-0.05, 0) is 24.3 Å². The smallest absolute Gasteiger partial charge is 0.324 e. The third-order valence-corrected chi connectivity index (χ3v) is 2.57. The summed E-state index contributed by atoms with van der Waals surface area (Å²) in [7, 11) is 1.70. The number of hydrogen-bond acceptors (Lipinski definition) is 3. The van der Waals surface area contributed by atoms with Crippen LogP contribution in [0.15, 0.2) is 30.5 Å². The number of urea groups is 1. The minimum atomic E-state index is -0.440. The maximum Gasteiger partial charge on any atom is 0.324 e. The number of rotatable bonds is 3. The molecular formula is C12H14FN5O. The van der Waals surface area contributed by atoms with Gasteiger partial charge in [0.25, 0.3) is 0 Å². The molecule has 0 unspecified atom stereocenters. The Hall–Kier alpha value is -2.41. The Kier molecular flexibility index (Phi) is 3.76. The molecule has 0 fully saturated rings. The van der Waals surface area contributed by atoms with Crippen molar-refractivity contribution in [1.29, 1.82) is 0 Å². The van der Waals surface area contributed by atoms with Gasteiger partial charge in [-0.2, -0.15) is 5.10 Å². The second-order valence-electron chi connectivity index (χ2n) is 3.93. The van der Waals surface area contributed by atoms with E-state index in [1.807, 2.05) is 0 Å². The summed E-state index contributed by atoms with van der Waals surface area (Å²) < 4.78 is 14.2. The van der Waals surface area contributed by atoms with E-state index in [1.54, 1.807) is 13.2 Å². The fourth-order valence-electron chi connectivity index (χ4n) is 1.60. The summed E-state index contributed by atoms with van der Waals surface area (Å²) in [5.74, 6) is 0.171. The molecule has 0 radical (unpaired) electrons. The molecule has 0 aliphatic heterocycles. The van der Waals surface area contributed by atoms with Crippen LogP contribution < -0.4 is 16.4 Å². The summed E-state index contributed by atoms with van der Waals surface area (Å²) in [6.45, 7) is 0.278. The molecule has 0 aliphatic carbocycles. The van der Waals surface area contributed by atoms with Crippen molar-refractivity contribution in [3.63, 3.8) is 0 Å². The van der Waals surface area contributed by atoms with Crippen molar-refractivity contribution >= 4 is 17.5 Å². The van der Waals surface area contributed by atoms with E-state index in [-0.39, 0.29) is 12.4 Å². The lowest BCUT2D eigenvalue weighted by Crippen LogP contribution is -2.22. The highest BCUT2D eigenvalue weighted by Crippen LogP contribution is 2.14. The van der Waals surface area contributed by atoms with Gasteiger partial charge in [-0.25, -0.2) is 9.18 Å². The summed E-state index contributed by atoms with van der Waals surface area (Å²) in [5, 5.41) is 9.24. The van der Waals surface area contributed by atoms with E-state index in [2.05, 4.69) is 15.7 Å². The van der Waals surface area contributed by atoms with Crippen LogP contribution in [-0.4, -0.2) is 15.8 Å². The normalized spacial score (nSPS) is 10.3. The number of nitrogens with zero attached hydrogens (tertiary/aromatic N) is 2. The number of benzene rings is 1. The van der Waals surface area contributed by atoms with E-state index in [4.69, 9.17) is 5.73 Å². The first-order valence-corrected chi connectivity index (χ1v) is 5.64. The van der Waals surface area contributed by atoms with Gasteiger partial charge < -0.3 is 11.1 Å². The number of nitrogens with two attached hydrogens (primary N) is 1. The highest BCUT2D eigenvalue weighted by molar-refractivity contribution is 5.99. The number of amides is 2. The van der Waals surface area contributed by atoms with E-state index >= 15 is 0 Å². The van der Waals surface area contributed by atoms with Crippen LogP contribution >= 0.6 is 0 Å². The number of anilines is 2. The molecular weight excluding hydrogens is 249 g/mol. The average Bonchev–Trinajstić information content (AvgIpc) is 2.73. The molecule has 0 saturated heterocycles. The molecule has 0 atom stereocenters. The Bertz CT molecular complexity index is 578. The second kappa shape index (κ2) is 5.49. The highest BCUT2D eigenvalue weighted by atomic mass is 19.1. The summed E-state index contributed by atoms with van der Waals surface area (Å²) in [6.07, 6.45) is 1.59. The molecule has 4 N–H and O–H groups in total. The topological polar surface area (TPSA) is 85.0 Å². The Morgan fingerprint density at radius 1 is 1.37 bits per heavy atom. The average molecular weight is 263 g/mol. The molecule has 0 bridgehead atoms. The molecule has 6 nitrogen and oxygen atoms in total. The second-order valence-corrected chi connectivity index (χ2v) is 3.93. The molecule has 1 heterocycles. The van der Waals surface area contributed by atoms with Crippen LogP contribution in [0.5, 0.6) is 0 Å². The number of hydrogen-bond donors (Lipinski definition) is 3. The molecule has 2 amide bonds. The highest BCUT2D eigenvalue weighted by Gasteiger charge is 2.10. The lowest BCUT2D eigenvalue weighted by Gasteiger charge is -2.09. The van der Waals surface area contributed by atoms with Crippen molar-refractivity contribution in [2.45, 2.75) is 6.54 Å². The predicted octanol–water partition coefficient (Wildman–Crippen LogP) is 1.66. The van der Waals surface area contributed by atoms with Crippen LogP contribution in [0.25, 0.3) is 0 Å². The van der Waals surface area contributed by atoms with Crippen LogP contribution in [0.4, 0.5) is 20.7 Å². The first-order chi connectivity index (χ1) is 9.10. The van der Waals surface area contributed by atoms with Gasteiger partial charge in [0.05, 0.1) is 6.20 Å². The van der Waals surface area contributed by atoms with E-state index < -0.39 is 6.03 Å². The largest absolute Gasteiger partial charge is 0.326 e. The van der Waals surface area contributed by atoms with E-state index in [0.717, 1.165) is 5.56 Å². The number of aryl methyl sites for hydroxylation is 1. The van der Waals surface area contributed by atoms with Gasteiger partial charge in [0, 0.05) is 24.8 Å². The van der Waals surface area contributed by atoms with Gasteiger partial charge in [-0.1, -0.05) is 0 Å². The van der Waals surface area contributed by atoms with Crippen molar-refractivity contribution in [1.82, 2.24) is 9.78 Å². The predicted molar refractivity (Wildman–Crippen MR) is 70.1 cm³/mol. The van der Waals surface area contributed by atoms with Gasteiger partial charge in [0.15, 0.2) is 0 Å². The zero-order valence-corrected chi connectivity index (χ0v) is 10.4. The maximum absolute atomic E-state index is 12.7.